The Balaban J connectivity index is 1.27. The van der Waals surface area contributed by atoms with Crippen LogP contribution in [0.15, 0.2) is 59.3 Å². The smallest absolute Gasteiger partial charge is 0.230 e. The molecule has 0 saturated carbocycles. The summed E-state index contributed by atoms with van der Waals surface area (Å²) in [4.78, 5) is 29.8. The largest absolute Gasteiger partial charge is 0.492 e. The van der Waals surface area contributed by atoms with Crippen LogP contribution in [0.25, 0.3) is 0 Å². The van der Waals surface area contributed by atoms with Crippen molar-refractivity contribution in [2.75, 3.05) is 26.7 Å². The predicted molar refractivity (Wildman–Crippen MR) is 105 cm³/mol. The lowest BCUT2D eigenvalue weighted by Gasteiger charge is -2.27. The van der Waals surface area contributed by atoms with E-state index in [4.69, 9.17) is 14.0 Å². The average molecular weight is 409 g/mol. The number of aromatic nitrogens is 1. The molecular weight excluding hydrogens is 386 g/mol. The van der Waals surface area contributed by atoms with Crippen molar-refractivity contribution in [2.24, 2.45) is 11.8 Å². The van der Waals surface area contributed by atoms with Gasteiger partial charge in [-0.25, -0.2) is 0 Å². The van der Waals surface area contributed by atoms with Crippen LogP contribution in [0.4, 0.5) is 0 Å². The monoisotopic (exact) mass is 409 g/mol. The van der Waals surface area contributed by atoms with Gasteiger partial charge in [-0.1, -0.05) is 35.5 Å². The van der Waals surface area contributed by atoms with Crippen LogP contribution in [-0.2, 0) is 20.9 Å². The topological polar surface area (TPSA) is 85.1 Å². The predicted octanol–water partition coefficient (Wildman–Crippen LogP) is 1.49. The maximum absolute atomic E-state index is 13.2. The van der Waals surface area contributed by atoms with Crippen molar-refractivity contribution < 1.29 is 23.6 Å². The summed E-state index contributed by atoms with van der Waals surface area (Å²) in [5.41, 5.74) is -0.0542. The molecule has 156 valence electrons. The number of amides is 2. The van der Waals surface area contributed by atoms with Crippen LogP contribution in [0.1, 0.15) is 5.69 Å². The Morgan fingerprint density at radius 1 is 1.33 bits per heavy atom. The first-order valence-electron chi connectivity index (χ1n) is 10.1. The van der Waals surface area contributed by atoms with Gasteiger partial charge in [0.15, 0.2) is 0 Å². The normalized spacial score (nSPS) is 28.8. The zero-order chi connectivity index (χ0) is 20.7. The Bertz CT molecular complexity index is 960. The highest BCUT2D eigenvalue weighted by Gasteiger charge is 2.67. The lowest BCUT2D eigenvalue weighted by atomic mass is 9.76. The van der Waals surface area contributed by atoms with Crippen LogP contribution in [-0.4, -0.2) is 65.2 Å². The second-order valence-electron chi connectivity index (χ2n) is 8.01. The fourth-order valence-electron chi connectivity index (χ4n) is 4.73. The van der Waals surface area contributed by atoms with E-state index in [-0.39, 0.29) is 17.9 Å². The molecule has 5 rings (SSSR count). The number of carbonyl (C=O) groups excluding carboxylic acids is 2. The fraction of sp³-hybridized carbons (Fsp3) is 0.409. The van der Waals surface area contributed by atoms with Crippen LogP contribution in [0.2, 0.25) is 0 Å². The van der Waals surface area contributed by atoms with E-state index in [1.165, 1.54) is 6.26 Å². The van der Waals surface area contributed by atoms with Gasteiger partial charge in [-0.2, -0.15) is 0 Å². The minimum atomic E-state index is -0.719. The third kappa shape index (κ3) is 3.08. The standard InChI is InChI=1S/C22H23N3O5/c1-24(13-15-8-11-29-23-15)20(26)18-17-7-9-22(30-17)14-25(21(27)19(18)22)10-12-28-16-5-3-2-4-6-16/h2-9,11,17-19H,10,12-14H2,1H3/t17-,18-,19+,22-/m0/s1. The quantitative estimate of drug-likeness (QED) is 0.645. The number of hydrogen-bond donors (Lipinski definition) is 0. The first-order chi connectivity index (χ1) is 14.6. The van der Waals surface area contributed by atoms with Crippen molar-refractivity contribution in [1.82, 2.24) is 15.0 Å². The van der Waals surface area contributed by atoms with Gasteiger partial charge in [-0.3, -0.25) is 9.59 Å². The maximum atomic E-state index is 13.2. The molecule has 1 aromatic carbocycles. The third-order valence-electron chi connectivity index (χ3n) is 6.10. The molecule has 2 bridgehead atoms. The Hall–Kier alpha value is -3.13. The van der Waals surface area contributed by atoms with Gasteiger partial charge in [0.25, 0.3) is 0 Å². The molecule has 30 heavy (non-hydrogen) atoms. The summed E-state index contributed by atoms with van der Waals surface area (Å²) < 4.78 is 16.8. The van der Waals surface area contributed by atoms with Gasteiger partial charge in [0.2, 0.25) is 11.8 Å². The number of ether oxygens (including phenoxy) is 2. The van der Waals surface area contributed by atoms with Crippen molar-refractivity contribution in [3.8, 4) is 5.75 Å². The molecule has 2 aromatic rings. The van der Waals surface area contributed by atoms with Crippen molar-refractivity contribution >= 4 is 11.8 Å². The number of hydrogen-bond acceptors (Lipinski definition) is 6. The molecule has 0 N–H and O–H groups in total. The molecular formula is C22H23N3O5. The molecule has 4 atom stereocenters. The van der Waals surface area contributed by atoms with Crippen LogP contribution in [0.3, 0.4) is 0 Å². The highest BCUT2D eigenvalue weighted by atomic mass is 16.5. The Morgan fingerprint density at radius 3 is 2.93 bits per heavy atom. The average Bonchev–Trinajstić information content (AvgIpc) is 3.51. The molecule has 2 saturated heterocycles. The zero-order valence-electron chi connectivity index (χ0n) is 16.6. The first-order valence-corrected chi connectivity index (χ1v) is 10.1. The fourth-order valence-corrected chi connectivity index (χ4v) is 4.73. The number of rotatable bonds is 7. The summed E-state index contributed by atoms with van der Waals surface area (Å²) in [6.45, 7) is 1.60. The van der Waals surface area contributed by atoms with Gasteiger partial charge >= 0.3 is 0 Å². The highest BCUT2D eigenvalue weighted by Crippen LogP contribution is 2.52. The number of fused-ring (bicyclic) bond motifs is 1. The van der Waals surface area contributed by atoms with E-state index in [1.54, 1.807) is 22.9 Å². The minimum absolute atomic E-state index is 0.0494. The van der Waals surface area contributed by atoms with E-state index in [0.717, 1.165) is 5.75 Å². The number of carbonyl (C=O) groups is 2. The van der Waals surface area contributed by atoms with Gasteiger partial charge < -0.3 is 23.8 Å². The molecule has 2 amide bonds. The molecule has 0 aliphatic carbocycles. The number of para-hydroxylation sites is 1. The van der Waals surface area contributed by atoms with Gasteiger partial charge in [-0.05, 0) is 12.1 Å². The van der Waals surface area contributed by atoms with Crippen molar-refractivity contribution in [1.29, 1.82) is 0 Å². The lowest BCUT2D eigenvalue weighted by molar-refractivity contribution is -0.142. The Morgan fingerprint density at radius 2 is 2.17 bits per heavy atom. The summed E-state index contributed by atoms with van der Waals surface area (Å²) in [7, 11) is 1.71. The number of likely N-dealkylation sites (tertiary alicyclic amines) is 1. The molecule has 8 heteroatoms. The molecule has 4 heterocycles. The van der Waals surface area contributed by atoms with E-state index in [9.17, 15) is 9.59 Å². The Labute approximate surface area is 174 Å². The molecule has 3 aliphatic rings. The van der Waals surface area contributed by atoms with E-state index in [0.29, 0.717) is 31.9 Å². The molecule has 0 radical (unpaired) electrons. The highest BCUT2D eigenvalue weighted by molar-refractivity contribution is 5.93. The van der Waals surface area contributed by atoms with Gasteiger partial charge in [0.1, 0.15) is 29.9 Å². The van der Waals surface area contributed by atoms with Gasteiger partial charge in [0.05, 0.1) is 37.6 Å². The summed E-state index contributed by atoms with van der Waals surface area (Å²) in [5.74, 6) is -0.431. The van der Waals surface area contributed by atoms with Crippen LogP contribution < -0.4 is 4.74 Å². The molecule has 3 aliphatic heterocycles. The van der Waals surface area contributed by atoms with Crippen LogP contribution >= 0.6 is 0 Å². The second-order valence-corrected chi connectivity index (χ2v) is 8.01. The minimum Gasteiger partial charge on any atom is -0.492 e. The molecule has 2 fully saturated rings. The van der Waals surface area contributed by atoms with Gasteiger partial charge in [0, 0.05) is 13.1 Å². The molecule has 1 spiro atoms. The lowest BCUT2D eigenvalue weighted by Crippen LogP contribution is -2.44. The number of benzene rings is 1. The van der Waals surface area contributed by atoms with Crippen LogP contribution in [0.5, 0.6) is 5.75 Å². The summed E-state index contributed by atoms with van der Waals surface area (Å²) in [5, 5.41) is 3.86. The maximum Gasteiger partial charge on any atom is 0.230 e. The van der Waals surface area contributed by atoms with Crippen molar-refractivity contribution in [3.05, 3.63) is 60.5 Å². The zero-order valence-corrected chi connectivity index (χ0v) is 16.6. The summed E-state index contributed by atoms with van der Waals surface area (Å²) in [6, 6.07) is 11.2. The van der Waals surface area contributed by atoms with E-state index in [1.807, 2.05) is 42.5 Å². The molecule has 8 nitrogen and oxygen atoms in total. The summed E-state index contributed by atoms with van der Waals surface area (Å²) >= 11 is 0. The number of nitrogens with zero attached hydrogens (tertiary/aromatic N) is 3. The van der Waals surface area contributed by atoms with Crippen LogP contribution in [0, 0.1) is 11.8 Å². The Kier molecular flexibility index (Phi) is 4.58. The van der Waals surface area contributed by atoms with Gasteiger partial charge in [-0.15, -0.1) is 0 Å². The van der Waals surface area contributed by atoms with E-state index in [2.05, 4.69) is 5.16 Å². The van der Waals surface area contributed by atoms with E-state index >= 15 is 0 Å². The second kappa shape index (κ2) is 7.28. The molecule has 1 aromatic heterocycles. The molecule has 0 unspecified atom stereocenters. The van der Waals surface area contributed by atoms with E-state index < -0.39 is 17.4 Å². The van der Waals surface area contributed by atoms with Crippen molar-refractivity contribution in [2.45, 2.75) is 18.2 Å². The van der Waals surface area contributed by atoms with Crippen molar-refractivity contribution in [3.63, 3.8) is 0 Å². The first kappa shape index (κ1) is 18.9. The third-order valence-corrected chi connectivity index (χ3v) is 6.10. The summed E-state index contributed by atoms with van der Waals surface area (Å²) in [6.07, 6.45) is 4.98. The SMILES string of the molecule is CN(Cc1ccon1)C(=O)[C@H]1[C@@H]2C=C[C@@]3(CN(CCOc4ccccc4)C(=O)[C@@H]13)O2.